The van der Waals surface area contributed by atoms with Gasteiger partial charge in [-0.3, -0.25) is 4.79 Å². The van der Waals surface area contributed by atoms with Gasteiger partial charge in [0.1, 0.15) is 17.5 Å². The summed E-state index contributed by atoms with van der Waals surface area (Å²) in [5.41, 5.74) is -0.101. The Morgan fingerprint density at radius 2 is 1.86 bits per heavy atom. The van der Waals surface area contributed by atoms with E-state index in [0.717, 1.165) is 23.9 Å². The van der Waals surface area contributed by atoms with Crippen LogP contribution in [0.25, 0.3) is 0 Å². The molecule has 2 nitrogen and oxygen atoms in total. The van der Waals surface area contributed by atoms with E-state index >= 15 is 0 Å². The van der Waals surface area contributed by atoms with Gasteiger partial charge in [-0.25, -0.2) is 13.2 Å². The fourth-order valence-corrected chi connectivity index (χ4v) is 2.78. The SMILES string of the molecule is C[C@@H](Sc1ccc(F)c(Cl)c1)C(=O)Nc1ccc(F)cc1F. The normalized spacial score (nSPS) is 12.0. The van der Waals surface area contributed by atoms with E-state index in [1.807, 2.05) is 0 Å². The van der Waals surface area contributed by atoms with E-state index in [4.69, 9.17) is 11.6 Å². The van der Waals surface area contributed by atoms with Crippen LogP contribution in [0.2, 0.25) is 5.02 Å². The lowest BCUT2D eigenvalue weighted by atomic mass is 10.3. The minimum atomic E-state index is -0.852. The quantitative estimate of drug-likeness (QED) is 0.800. The molecule has 2 aromatic rings. The van der Waals surface area contributed by atoms with Crippen molar-refractivity contribution in [1.82, 2.24) is 0 Å². The van der Waals surface area contributed by atoms with Gasteiger partial charge in [0.15, 0.2) is 0 Å². The lowest BCUT2D eigenvalue weighted by molar-refractivity contribution is -0.115. The van der Waals surface area contributed by atoms with Crippen molar-refractivity contribution in [3.8, 4) is 0 Å². The van der Waals surface area contributed by atoms with Crippen molar-refractivity contribution in [2.45, 2.75) is 17.1 Å². The fourth-order valence-electron chi connectivity index (χ4n) is 1.63. The van der Waals surface area contributed by atoms with Crippen LogP contribution >= 0.6 is 23.4 Å². The molecule has 0 saturated carbocycles. The van der Waals surface area contributed by atoms with Gasteiger partial charge in [0, 0.05) is 11.0 Å². The van der Waals surface area contributed by atoms with E-state index in [0.29, 0.717) is 11.0 Å². The molecule has 0 saturated heterocycles. The minimum absolute atomic E-state index is 0.0396. The number of nitrogens with one attached hydrogen (secondary N) is 1. The second-order valence-electron chi connectivity index (χ2n) is 4.45. The van der Waals surface area contributed by atoms with E-state index in [9.17, 15) is 18.0 Å². The third-order valence-electron chi connectivity index (χ3n) is 2.76. The summed E-state index contributed by atoms with van der Waals surface area (Å²) in [6.45, 7) is 1.61. The van der Waals surface area contributed by atoms with Crippen LogP contribution in [0.4, 0.5) is 18.9 Å². The summed E-state index contributed by atoms with van der Waals surface area (Å²) in [4.78, 5) is 12.6. The number of benzene rings is 2. The van der Waals surface area contributed by atoms with Crippen molar-refractivity contribution in [3.63, 3.8) is 0 Å². The highest BCUT2D eigenvalue weighted by Crippen LogP contribution is 2.28. The van der Waals surface area contributed by atoms with Crippen molar-refractivity contribution in [2.75, 3.05) is 5.32 Å². The molecule has 1 atom stereocenters. The van der Waals surface area contributed by atoms with Gasteiger partial charge in [0.25, 0.3) is 0 Å². The number of rotatable bonds is 4. The van der Waals surface area contributed by atoms with Crippen LogP contribution in [0, 0.1) is 17.5 Å². The molecule has 0 fully saturated rings. The predicted molar refractivity (Wildman–Crippen MR) is 81.7 cm³/mol. The molecule has 0 spiro atoms. The van der Waals surface area contributed by atoms with E-state index in [1.54, 1.807) is 6.92 Å². The molecular formula is C15H11ClF3NOS. The molecule has 0 unspecified atom stereocenters. The largest absolute Gasteiger partial charge is 0.323 e. The molecule has 116 valence electrons. The number of anilines is 1. The lowest BCUT2D eigenvalue weighted by Gasteiger charge is -2.13. The molecule has 0 aliphatic rings. The maximum Gasteiger partial charge on any atom is 0.237 e. The smallest absolute Gasteiger partial charge is 0.237 e. The molecule has 2 rings (SSSR count). The highest BCUT2D eigenvalue weighted by molar-refractivity contribution is 8.00. The first-order valence-corrected chi connectivity index (χ1v) is 7.50. The topological polar surface area (TPSA) is 29.1 Å². The number of thioether (sulfide) groups is 1. The van der Waals surface area contributed by atoms with Crippen LogP contribution in [-0.4, -0.2) is 11.2 Å². The molecule has 0 radical (unpaired) electrons. The fraction of sp³-hybridized carbons (Fsp3) is 0.133. The molecule has 22 heavy (non-hydrogen) atoms. The highest BCUT2D eigenvalue weighted by atomic mass is 35.5. The van der Waals surface area contributed by atoms with Gasteiger partial charge in [0.05, 0.1) is 16.0 Å². The van der Waals surface area contributed by atoms with Crippen LogP contribution in [0.3, 0.4) is 0 Å². The summed E-state index contributed by atoms with van der Waals surface area (Å²) in [6.07, 6.45) is 0. The third-order valence-corrected chi connectivity index (χ3v) is 4.15. The Labute approximate surface area is 134 Å². The number of amides is 1. The number of halogens is 4. The third kappa shape index (κ3) is 4.18. The molecule has 0 aliphatic heterocycles. The van der Waals surface area contributed by atoms with Crippen LogP contribution in [0.5, 0.6) is 0 Å². The van der Waals surface area contributed by atoms with E-state index < -0.39 is 28.6 Å². The van der Waals surface area contributed by atoms with Crippen molar-refractivity contribution in [2.24, 2.45) is 0 Å². The van der Waals surface area contributed by atoms with E-state index in [-0.39, 0.29) is 10.7 Å². The van der Waals surface area contributed by atoms with Crippen molar-refractivity contribution in [1.29, 1.82) is 0 Å². The van der Waals surface area contributed by atoms with Gasteiger partial charge in [0.2, 0.25) is 5.91 Å². The molecule has 7 heteroatoms. The zero-order valence-corrected chi connectivity index (χ0v) is 12.9. The van der Waals surface area contributed by atoms with Crippen LogP contribution in [0.1, 0.15) is 6.92 Å². The Kier molecular flexibility index (Phi) is 5.37. The van der Waals surface area contributed by atoms with Crippen LogP contribution < -0.4 is 5.32 Å². The average Bonchev–Trinajstić information content (AvgIpc) is 2.45. The van der Waals surface area contributed by atoms with Crippen molar-refractivity contribution in [3.05, 3.63) is 58.9 Å². The summed E-state index contributed by atoms with van der Waals surface area (Å²) >= 11 is 6.81. The van der Waals surface area contributed by atoms with Gasteiger partial charge < -0.3 is 5.32 Å². The maximum absolute atomic E-state index is 13.5. The first-order valence-electron chi connectivity index (χ1n) is 6.24. The Hall–Kier alpha value is -1.66. The molecule has 0 aliphatic carbocycles. The summed E-state index contributed by atoms with van der Waals surface area (Å²) < 4.78 is 39.3. The van der Waals surface area contributed by atoms with Crippen molar-refractivity contribution < 1.29 is 18.0 Å². The Balaban J connectivity index is 2.04. The Morgan fingerprint density at radius 3 is 2.50 bits per heavy atom. The average molecular weight is 346 g/mol. The molecule has 1 amide bonds. The first kappa shape index (κ1) is 16.7. The van der Waals surface area contributed by atoms with E-state index in [2.05, 4.69) is 5.32 Å². The standard InChI is InChI=1S/C15H11ClF3NOS/c1-8(22-10-3-4-12(18)11(16)7-10)15(21)20-14-5-2-9(17)6-13(14)19/h2-8H,1H3,(H,20,21)/t8-/m1/s1. The molecule has 0 bridgehead atoms. The second-order valence-corrected chi connectivity index (χ2v) is 6.27. The zero-order valence-electron chi connectivity index (χ0n) is 11.4. The molecule has 1 N–H and O–H groups in total. The highest BCUT2D eigenvalue weighted by Gasteiger charge is 2.17. The van der Waals surface area contributed by atoms with Crippen LogP contribution in [-0.2, 0) is 4.79 Å². The van der Waals surface area contributed by atoms with Gasteiger partial charge >= 0.3 is 0 Å². The first-order chi connectivity index (χ1) is 10.4. The molecule has 0 aromatic heterocycles. The molecule has 2 aromatic carbocycles. The van der Waals surface area contributed by atoms with Crippen molar-refractivity contribution >= 4 is 35.0 Å². The lowest BCUT2D eigenvalue weighted by Crippen LogP contribution is -2.23. The Morgan fingerprint density at radius 1 is 1.14 bits per heavy atom. The predicted octanol–water partition coefficient (Wildman–Crippen LogP) is 4.88. The molecule has 0 heterocycles. The monoisotopic (exact) mass is 345 g/mol. The second kappa shape index (κ2) is 7.07. The van der Waals surface area contributed by atoms with E-state index in [1.165, 1.54) is 18.2 Å². The number of carbonyl (C=O) groups is 1. The zero-order chi connectivity index (χ0) is 16.3. The number of carbonyl (C=O) groups excluding carboxylic acids is 1. The van der Waals surface area contributed by atoms with Gasteiger partial charge in [-0.1, -0.05) is 11.6 Å². The maximum atomic E-state index is 13.5. The van der Waals surface area contributed by atoms with Crippen LogP contribution in [0.15, 0.2) is 41.3 Å². The summed E-state index contributed by atoms with van der Waals surface area (Å²) in [6, 6.07) is 6.99. The summed E-state index contributed by atoms with van der Waals surface area (Å²) in [5, 5.41) is 1.76. The van der Waals surface area contributed by atoms with Gasteiger partial charge in [-0.2, -0.15) is 0 Å². The summed E-state index contributed by atoms with van der Waals surface area (Å²) in [7, 11) is 0. The number of hydrogen-bond acceptors (Lipinski definition) is 2. The Bertz CT molecular complexity index is 711. The van der Waals surface area contributed by atoms with Gasteiger partial charge in [-0.05, 0) is 37.3 Å². The minimum Gasteiger partial charge on any atom is -0.323 e. The summed E-state index contributed by atoms with van der Waals surface area (Å²) in [5.74, 6) is -2.58. The molecular weight excluding hydrogens is 335 g/mol. The van der Waals surface area contributed by atoms with Gasteiger partial charge in [-0.15, -0.1) is 11.8 Å². The number of hydrogen-bond donors (Lipinski definition) is 1.